The van der Waals surface area contributed by atoms with Crippen LogP contribution < -0.4 is 15.0 Å². The van der Waals surface area contributed by atoms with Gasteiger partial charge < -0.3 is 15.0 Å². The van der Waals surface area contributed by atoms with E-state index in [9.17, 15) is 4.79 Å². The second-order valence-electron chi connectivity index (χ2n) is 5.55. The zero-order valence-electron chi connectivity index (χ0n) is 12.9. The van der Waals surface area contributed by atoms with Crippen LogP contribution in [0.15, 0.2) is 42.5 Å². The molecule has 0 aromatic heterocycles. The molecule has 2 aromatic rings. The van der Waals surface area contributed by atoms with Gasteiger partial charge in [-0.2, -0.15) is 0 Å². The van der Waals surface area contributed by atoms with Crippen LogP contribution in [0, 0.1) is 0 Å². The molecule has 0 aliphatic carbocycles. The van der Waals surface area contributed by atoms with Crippen molar-refractivity contribution < 1.29 is 9.53 Å². The number of nitrogens with zero attached hydrogens (tertiary/aromatic N) is 1. The van der Waals surface area contributed by atoms with Gasteiger partial charge in [-0.05, 0) is 36.2 Å². The summed E-state index contributed by atoms with van der Waals surface area (Å²) in [6.07, 6.45) is 1.34. The highest BCUT2D eigenvalue weighted by Crippen LogP contribution is 2.29. The molecule has 0 saturated carbocycles. The van der Waals surface area contributed by atoms with Crippen molar-refractivity contribution in [3.63, 3.8) is 0 Å². The SMILES string of the molecule is COc1ccccc1CC(=O)Nc1ccc2c(c1)CCN2C. The molecule has 1 aliphatic heterocycles. The zero-order valence-corrected chi connectivity index (χ0v) is 12.9. The van der Waals surface area contributed by atoms with E-state index >= 15 is 0 Å². The lowest BCUT2D eigenvalue weighted by Crippen LogP contribution is -2.15. The Labute approximate surface area is 130 Å². The third kappa shape index (κ3) is 2.91. The van der Waals surface area contributed by atoms with Crippen molar-refractivity contribution in [1.82, 2.24) is 0 Å². The molecule has 0 atom stereocenters. The molecule has 4 heteroatoms. The molecule has 0 fully saturated rings. The maximum Gasteiger partial charge on any atom is 0.228 e. The number of fused-ring (bicyclic) bond motifs is 1. The minimum atomic E-state index is -0.0317. The van der Waals surface area contributed by atoms with Crippen molar-refractivity contribution in [3.05, 3.63) is 53.6 Å². The number of ether oxygens (including phenoxy) is 1. The van der Waals surface area contributed by atoms with E-state index in [0.29, 0.717) is 6.42 Å². The summed E-state index contributed by atoms with van der Waals surface area (Å²) < 4.78 is 5.28. The van der Waals surface area contributed by atoms with E-state index in [1.165, 1.54) is 11.3 Å². The molecule has 0 bridgehead atoms. The maximum atomic E-state index is 12.2. The Balaban J connectivity index is 1.70. The molecule has 114 valence electrons. The van der Waals surface area contributed by atoms with Crippen LogP contribution in [0.25, 0.3) is 0 Å². The Morgan fingerprint density at radius 3 is 2.91 bits per heavy atom. The lowest BCUT2D eigenvalue weighted by atomic mass is 10.1. The number of hydrogen-bond acceptors (Lipinski definition) is 3. The molecule has 22 heavy (non-hydrogen) atoms. The Hall–Kier alpha value is -2.49. The van der Waals surface area contributed by atoms with Crippen molar-refractivity contribution >= 4 is 17.3 Å². The van der Waals surface area contributed by atoms with Gasteiger partial charge in [-0.1, -0.05) is 18.2 Å². The van der Waals surface area contributed by atoms with E-state index < -0.39 is 0 Å². The van der Waals surface area contributed by atoms with Gasteiger partial charge in [0.05, 0.1) is 13.5 Å². The number of rotatable bonds is 4. The highest BCUT2D eigenvalue weighted by Gasteiger charge is 2.16. The molecule has 3 rings (SSSR count). The van der Waals surface area contributed by atoms with E-state index in [1.54, 1.807) is 7.11 Å². The van der Waals surface area contributed by atoms with Crippen LogP contribution in [-0.2, 0) is 17.6 Å². The lowest BCUT2D eigenvalue weighted by molar-refractivity contribution is -0.115. The predicted octanol–water partition coefficient (Wildman–Crippen LogP) is 2.87. The molecule has 1 amide bonds. The summed E-state index contributed by atoms with van der Waals surface area (Å²) in [6, 6.07) is 13.7. The predicted molar refractivity (Wildman–Crippen MR) is 88.7 cm³/mol. The third-order valence-corrected chi connectivity index (χ3v) is 4.03. The quantitative estimate of drug-likeness (QED) is 0.943. The molecular weight excluding hydrogens is 276 g/mol. The third-order valence-electron chi connectivity index (χ3n) is 4.03. The summed E-state index contributed by atoms with van der Waals surface area (Å²) in [6.45, 7) is 1.04. The lowest BCUT2D eigenvalue weighted by Gasteiger charge is -2.13. The van der Waals surface area contributed by atoms with E-state index in [2.05, 4.69) is 29.4 Å². The zero-order chi connectivity index (χ0) is 15.5. The molecule has 0 unspecified atom stereocenters. The highest BCUT2D eigenvalue weighted by atomic mass is 16.5. The van der Waals surface area contributed by atoms with E-state index in [1.807, 2.05) is 30.3 Å². The fraction of sp³-hybridized carbons (Fsp3) is 0.278. The van der Waals surface area contributed by atoms with Gasteiger partial charge in [0.2, 0.25) is 5.91 Å². The number of carbonyl (C=O) groups is 1. The van der Waals surface area contributed by atoms with Crippen LogP contribution in [0.5, 0.6) is 5.75 Å². The van der Waals surface area contributed by atoms with Gasteiger partial charge in [0.1, 0.15) is 5.75 Å². The smallest absolute Gasteiger partial charge is 0.228 e. The van der Waals surface area contributed by atoms with Crippen molar-refractivity contribution in [1.29, 1.82) is 0 Å². The first-order chi connectivity index (χ1) is 10.7. The first-order valence-corrected chi connectivity index (χ1v) is 7.43. The van der Waals surface area contributed by atoms with Crippen molar-refractivity contribution in [2.45, 2.75) is 12.8 Å². The van der Waals surface area contributed by atoms with Gasteiger partial charge in [-0.3, -0.25) is 4.79 Å². The molecule has 2 aromatic carbocycles. The first kappa shape index (κ1) is 14.4. The fourth-order valence-electron chi connectivity index (χ4n) is 2.87. The summed E-state index contributed by atoms with van der Waals surface area (Å²) in [4.78, 5) is 14.5. The minimum absolute atomic E-state index is 0.0317. The van der Waals surface area contributed by atoms with Crippen LogP contribution in [0.2, 0.25) is 0 Å². The van der Waals surface area contributed by atoms with Gasteiger partial charge in [0.15, 0.2) is 0 Å². The molecule has 1 aliphatic rings. The molecule has 0 saturated heterocycles. The second-order valence-corrected chi connectivity index (χ2v) is 5.55. The normalized spacial score (nSPS) is 12.9. The summed E-state index contributed by atoms with van der Waals surface area (Å²) >= 11 is 0. The van der Waals surface area contributed by atoms with Gasteiger partial charge in [0.25, 0.3) is 0 Å². The molecule has 0 radical (unpaired) electrons. The number of anilines is 2. The Bertz CT molecular complexity index is 697. The molecule has 0 spiro atoms. The molecule has 1 N–H and O–H groups in total. The topological polar surface area (TPSA) is 41.6 Å². The first-order valence-electron chi connectivity index (χ1n) is 7.43. The van der Waals surface area contributed by atoms with Gasteiger partial charge in [0, 0.05) is 30.5 Å². The van der Waals surface area contributed by atoms with Crippen LogP contribution in [-0.4, -0.2) is 26.6 Å². The second kappa shape index (κ2) is 6.10. The standard InChI is InChI=1S/C18H20N2O2/c1-20-10-9-13-11-15(7-8-16(13)20)19-18(21)12-14-5-3-4-6-17(14)22-2/h3-8,11H,9-10,12H2,1-2H3,(H,19,21). The monoisotopic (exact) mass is 296 g/mol. The Morgan fingerprint density at radius 1 is 1.27 bits per heavy atom. The highest BCUT2D eigenvalue weighted by molar-refractivity contribution is 5.93. The number of methoxy groups -OCH3 is 1. The number of amides is 1. The summed E-state index contributed by atoms with van der Waals surface area (Å²) in [5.74, 6) is 0.712. The van der Waals surface area contributed by atoms with E-state index in [0.717, 1.165) is 30.0 Å². The van der Waals surface area contributed by atoms with Crippen molar-refractivity contribution in [3.8, 4) is 5.75 Å². The van der Waals surface area contributed by atoms with Crippen LogP contribution >= 0.6 is 0 Å². The molecule has 4 nitrogen and oxygen atoms in total. The van der Waals surface area contributed by atoms with E-state index in [-0.39, 0.29) is 5.91 Å². The number of carbonyl (C=O) groups excluding carboxylic acids is 1. The van der Waals surface area contributed by atoms with Gasteiger partial charge >= 0.3 is 0 Å². The number of nitrogens with one attached hydrogen (secondary N) is 1. The Kier molecular flexibility index (Phi) is 4.00. The number of benzene rings is 2. The number of likely N-dealkylation sites (N-methyl/N-ethyl adjacent to an activating group) is 1. The van der Waals surface area contributed by atoms with Crippen LogP contribution in [0.4, 0.5) is 11.4 Å². The van der Waals surface area contributed by atoms with Gasteiger partial charge in [-0.25, -0.2) is 0 Å². The Morgan fingerprint density at radius 2 is 2.09 bits per heavy atom. The minimum Gasteiger partial charge on any atom is -0.496 e. The molecule has 1 heterocycles. The summed E-state index contributed by atoms with van der Waals surface area (Å²) in [5.41, 5.74) is 4.29. The number of hydrogen-bond donors (Lipinski definition) is 1. The van der Waals surface area contributed by atoms with Gasteiger partial charge in [-0.15, -0.1) is 0 Å². The fourth-order valence-corrected chi connectivity index (χ4v) is 2.87. The largest absolute Gasteiger partial charge is 0.496 e. The average Bonchev–Trinajstić information content (AvgIpc) is 2.88. The summed E-state index contributed by atoms with van der Waals surface area (Å²) in [7, 11) is 3.71. The maximum absolute atomic E-state index is 12.2. The van der Waals surface area contributed by atoms with Crippen LogP contribution in [0.3, 0.4) is 0 Å². The van der Waals surface area contributed by atoms with Crippen LogP contribution in [0.1, 0.15) is 11.1 Å². The number of para-hydroxylation sites is 1. The summed E-state index contributed by atoms with van der Waals surface area (Å²) in [5, 5.41) is 2.97. The molecular formula is C18H20N2O2. The van der Waals surface area contributed by atoms with Crippen molar-refractivity contribution in [2.24, 2.45) is 0 Å². The average molecular weight is 296 g/mol. The van der Waals surface area contributed by atoms with Crippen molar-refractivity contribution in [2.75, 3.05) is 30.9 Å². The van der Waals surface area contributed by atoms with E-state index in [4.69, 9.17) is 4.74 Å².